The number of hydrogen-bond donors (Lipinski definition) is 0. The normalized spacial score (nSPS) is 10.9. The zero-order valence-electron chi connectivity index (χ0n) is 7.10. The number of carbonyl (C=O) groups excluding carboxylic acids is 1. The summed E-state index contributed by atoms with van der Waals surface area (Å²) in [6.45, 7) is 0. The number of benzene rings is 1. The van der Waals surface area contributed by atoms with Crippen molar-refractivity contribution in [1.82, 2.24) is 0 Å². The monoisotopic (exact) mass is 217 g/mol. The van der Waals surface area contributed by atoms with Gasteiger partial charge in [0.15, 0.2) is 6.29 Å². The predicted octanol–water partition coefficient (Wildman–Crippen LogP) is 2.53. The molecule has 15 heavy (non-hydrogen) atoms. The quantitative estimate of drug-likeness (QED) is 0.535. The van der Waals surface area contributed by atoms with Crippen molar-refractivity contribution >= 4 is 6.29 Å². The molecule has 1 rings (SSSR count). The lowest BCUT2D eigenvalue weighted by Gasteiger charge is -2.11. The van der Waals surface area contributed by atoms with Crippen LogP contribution in [0.25, 0.3) is 0 Å². The maximum absolute atomic E-state index is 12.9. The zero-order valence-corrected chi connectivity index (χ0v) is 7.10. The van der Waals surface area contributed by atoms with Crippen molar-refractivity contribution in [1.29, 1.82) is 5.26 Å². The summed E-state index contributed by atoms with van der Waals surface area (Å²) in [6.07, 6.45) is -5.18. The van der Waals surface area contributed by atoms with Gasteiger partial charge in [-0.1, -0.05) is 0 Å². The molecular formula is C9H3F4NO. The van der Waals surface area contributed by atoms with Gasteiger partial charge in [0.1, 0.15) is 5.82 Å². The van der Waals surface area contributed by atoms with Gasteiger partial charge in [-0.25, -0.2) is 4.39 Å². The highest BCUT2D eigenvalue weighted by atomic mass is 19.4. The van der Waals surface area contributed by atoms with Crippen molar-refractivity contribution in [2.75, 3.05) is 0 Å². The first-order valence-electron chi connectivity index (χ1n) is 3.66. The maximum atomic E-state index is 12.9. The number of rotatable bonds is 1. The van der Waals surface area contributed by atoms with E-state index in [0.717, 1.165) is 0 Å². The fourth-order valence-electron chi connectivity index (χ4n) is 1.11. The Morgan fingerprint density at radius 3 is 2.33 bits per heavy atom. The molecule has 78 valence electrons. The number of alkyl halides is 3. The van der Waals surface area contributed by atoms with Gasteiger partial charge in [0.05, 0.1) is 22.8 Å². The largest absolute Gasteiger partial charge is 0.418 e. The van der Waals surface area contributed by atoms with Gasteiger partial charge in [-0.3, -0.25) is 4.79 Å². The second-order valence-corrected chi connectivity index (χ2v) is 2.61. The Hall–Kier alpha value is -1.90. The van der Waals surface area contributed by atoms with Crippen LogP contribution in [0.3, 0.4) is 0 Å². The van der Waals surface area contributed by atoms with Gasteiger partial charge in [-0.15, -0.1) is 0 Å². The second kappa shape index (κ2) is 3.69. The van der Waals surface area contributed by atoms with Crippen molar-refractivity contribution in [3.8, 4) is 6.07 Å². The second-order valence-electron chi connectivity index (χ2n) is 2.61. The van der Waals surface area contributed by atoms with Gasteiger partial charge < -0.3 is 0 Å². The van der Waals surface area contributed by atoms with E-state index < -0.39 is 28.7 Å². The van der Waals surface area contributed by atoms with Crippen LogP contribution in [0.4, 0.5) is 17.6 Å². The number of aldehydes is 1. The summed E-state index contributed by atoms with van der Waals surface area (Å²) in [7, 11) is 0. The van der Waals surface area contributed by atoms with Crippen LogP contribution in [-0.4, -0.2) is 6.29 Å². The van der Waals surface area contributed by atoms with E-state index in [1.54, 1.807) is 0 Å². The third kappa shape index (κ3) is 1.96. The molecule has 0 heterocycles. The van der Waals surface area contributed by atoms with Crippen LogP contribution >= 0.6 is 0 Å². The molecule has 0 saturated heterocycles. The molecule has 0 amide bonds. The van der Waals surface area contributed by atoms with Crippen molar-refractivity contribution in [3.05, 3.63) is 34.6 Å². The summed E-state index contributed by atoms with van der Waals surface area (Å²) >= 11 is 0. The number of nitriles is 1. The molecule has 0 aliphatic rings. The first kappa shape index (κ1) is 11.2. The Morgan fingerprint density at radius 1 is 1.33 bits per heavy atom. The summed E-state index contributed by atoms with van der Waals surface area (Å²) < 4.78 is 50.0. The van der Waals surface area contributed by atoms with E-state index in [1.807, 2.05) is 0 Å². The van der Waals surface area contributed by atoms with Gasteiger partial charge in [0, 0.05) is 0 Å². The van der Waals surface area contributed by atoms with Gasteiger partial charge in [0.25, 0.3) is 0 Å². The van der Waals surface area contributed by atoms with E-state index in [0.29, 0.717) is 12.1 Å². The molecule has 0 unspecified atom stereocenters. The van der Waals surface area contributed by atoms with E-state index in [2.05, 4.69) is 0 Å². The summed E-state index contributed by atoms with van der Waals surface area (Å²) in [6, 6.07) is 2.59. The van der Waals surface area contributed by atoms with E-state index >= 15 is 0 Å². The van der Waals surface area contributed by atoms with Gasteiger partial charge in [-0.2, -0.15) is 18.4 Å². The maximum Gasteiger partial charge on any atom is 0.418 e. The smallest absolute Gasteiger partial charge is 0.298 e. The van der Waals surface area contributed by atoms with Crippen molar-refractivity contribution in [2.24, 2.45) is 0 Å². The molecule has 0 spiro atoms. The minimum Gasteiger partial charge on any atom is -0.298 e. The molecular weight excluding hydrogens is 214 g/mol. The Labute approximate surface area is 81.7 Å². The summed E-state index contributed by atoms with van der Waals surface area (Å²) in [4.78, 5) is 10.3. The Morgan fingerprint density at radius 2 is 1.93 bits per heavy atom. The molecule has 0 aliphatic heterocycles. The van der Waals surface area contributed by atoms with Crippen LogP contribution in [0.2, 0.25) is 0 Å². The highest BCUT2D eigenvalue weighted by Gasteiger charge is 2.37. The van der Waals surface area contributed by atoms with Gasteiger partial charge >= 0.3 is 6.18 Å². The molecule has 0 N–H and O–H groups in total. The van der Waals surface area contributed by atoms with Crippen LogP contribution in [0.5, 0.6) is 0 Å². The molecule has 1 aromatic rings. The number of hydrogen-bond acceptors (Lipinski definition) is 2. The third-order valence-corrected chi connectivity index (χ3v) is 1.71. The third-order valence-electron chi connectivity index (χ3n) is 1.71. The minimum atomic E-state index is -4.93. The van der Waals surface area contributed by atoms with Gasteiger partial charge in [-0.05, 0) is 12.1 Å². The van der Waals surface area contributed by atoms with Gasteiger partial charge in [0.2, 0.25) is 0 Å². The standard InChI is InChI=1S/C9H3F4NO/c10-7-2-1-5(3-14)8(6(7)4-15)9(11,12)13/h1-2,4H. The Kier molecular flexibility index (Phi) is 2.75. The SMILES string of the molecule is N#Cc1ccc(F)c(C=O)c1C(F)(F)F. The highest BCUT2D eigenvalue weighted by molar-refractivity contribution is 5.79. The summed E-state index contributed by atoms with van der Waals surface area (Å²) in [5, 5.41) is 8.40. The first-order chi connectivity index (χ1) is 6.91. The number of nitrogens with zero attached hydrogens (tertiary/aromatic N) is 1. The topological polar surface area (TPSA) is 40.9 Å². The van der Waals surface area contributed by atoms with E-state index in [9.17, 15) is 22.4 Å². The molecule has 1 aromatic carbocycles. The van der Waals surface area contributed by atoms with Crippen LogP contribution in [0.1, 0.15) is 21.5 Å². The lowest BCUT2D eigenvalue weighted by Crippen LogP contribution is -2.13. The molecule has 0 fully saturated rings. The number of carbonyl (C=O) groups is 1. The predicted molar refractivity (Wildman–Crippen MR) is 41.5 cm³/mol. The molecule has 0 bridgehead atoms. The minimum absolute atomic E-state index is 0.251. The van der Waals surface area contributed by atoms with Crippen molar-refractivity contribution in [2.45, 2.75) is 6.18 Å². The molecule has 0 atom stereocenters. The molecule has 0 aromatic heterocycles. The van der Waals surface area contributed by atoms with Crippen LogP contribution < -0.4 is 0 Å². The summed E-state index contributed by atoms with van der Waals surface area (Å²) in [5.74, 6) is -1.30. The lowest BCUT2D eigenvalue weighted by molar-refractivity contribution is -0.138. The van der Waals surface area contributed by atoms with E-state index in [1.165, 1.54) is 6.07 Å². The molecule has 6 heteroatoms. The Bertz CT molecular complexity index is 445. The first-order valence-corrected chi connectivity index (χ1v) is 3.66. The van der Waals surface area contributed by atoms with Crippen molar-refractivity contribution < 1.29 is 22.4 Å². The fraction of sp³-hybridized carbons (Fsp3) is 0.111. The molecule has 2 nitrogen and oxygen atoms in total. The lowest BCUT2D eigenvalue weighted by atomic mass is 10.0. The average Bonchev–Trinajstić information content (AvgIpc) is 2.15. The average molecular weight is 217 g/mol. The molecule has 0 saturated carbocycles. The number of halogens is 4. The fourth-order valence-corrected chi connectivity index (χ4v) is 1.11. The van der Waals surface area contributed by atoms with E-state index in [-0.39, 0.29) is 6.29 Å². The highest BCUT2D eigenvalue weighted by Crippen LogP contribution is 2.34. The van der Waals surface area contributed by atoms with Crippen LogP contribution in [0, 0.1) is 17.1 Å². The zero-order chi connectivity index (χ0) is 11.6. The van der Waals surface area contributed by atoms with E-state index in [4.69, 9.17) is 5.26 Å². The van der Waals surface area contributed by atoms with Crippen LogP contribution in [-0.2, 0) is 6.18 Å². The van der Waals surface area contributed by atoms with Crippen LogP contribution in [0.15, 0.2) is 12.1 Å². The molecule has 0 radical (unpaired) electrons. The Balaban J connectivity index is 3.64. The van der Waals surface area contributed by atoms with Crippen molar-refractivity contribution in [3.63, 3.8) is 0 Å². The summed E-state index contributed by atoms with van der Waals surface area (Å²) in [5.41, 5.74) is -3.44. The molecule has 0 aliphatic carbocycles.